The zero-order chi connectivity index (χ0) is 49.0. The molecule has 0 atom stereocenters. The summed E-state index contributed by atoms with van der Waals surface area (Å²) in [5, 5.41) is 7.46. The second-order valence-corrected chi connectivity index (χ2v) is 21.2. The third-order valence-electron chi connectivity index (χ3n) is 16.4. The van der Waals surface area contributed by atoms with Crippen LogP contribution in [0.5, 0.6) is 0 Å². The predicted molar refractivity (Wildman–Crippen MR) is 311 cm³/mol. The van der Waals surface area contributed by atoms with E-state index in [2.05, 4.69) is 281 Å². The van der Waals surface area contributed by atoms with Crippen LogP contribution in [0.4, 0.5) is 17.1 Å². The van der Waals surface area contributed by atoms with Crippen LogP contribution in [-0.4, -0.2) is 0 Å². The Morgan fingerprint density at radius 3 is 1.34 bits per heavy atom. The Morgan fingerprint density at radius 1 is 0.247 bits per heavy atom. The van der Waals surface area contributed by atoms with Gasteiger partial charge in [-0.3, -0.25) is 0 Å². The largest absolute Gasteiger partial charge is 0.310 e. The molecular formula is C72H53N. The highest BCUT2D eigenvalue weighted by molar-refractivity contribution is 6.33. The maximum atomic E-state index is 2.48. The van der Waals surface area contributed by atoms with Gasteiger partial charge in [-0.05, 0) is 170 Å². The van der Waals surface area contributed by atoms with Gasteiger partial charge in [0, 0.05) is 27.9 Å². The second-order valence-electron chi connectivity index (χ2n) is 21.2. The summed E-state index contributed by atoms with van der Waals surface area (Å²) in [4.78, 5) is 2.48. The molecule has 0 bridgehead atoms. The lowest BCUT2D eigenvalue weighted by atomic mass is 9.81. The average molecular weight is 932 g/mol. The maximum Gasteiger partial charge on any atom is 0.0468 e. The summed E-state index contributed by atoms with van der Waals surface area (Å²) in [6.07, 6.45) is 0. The average Bonchev–Trinajstić information content (AvgIpc) is 3.82. The fraction of sp³-hybridized carbons (Fsp3) is 0.0833. The van der Waals surface area contributed by atoms with Crippen LogP contribution in [-0.2, 0) is 10.8 Å². The van der Waals surface area contributed by atoms with Gasteiger partial charge in [-0.25, -0.2) is 0 Å². The van der Waals surface area contributed by atoms with Crippen molar-refractivity contribution in [3.63, 3.8) is 0 Å². The van der Waals surface area contributed by atoms with Crippen molar-refractivity contribution in [2.75, 3.05) is 4.90 Å². The lowest BCUT2D eigenvalue weighted by Crippen LogP contribution is -2.16. The highest BCUT2D eigenvalue weighted by Gasteiger charge is 2.37. The summed E-state index contributed by atoms with van der Waals surface area (Å²) in [5.41, 5.74) is 23.7. The Balaban J connectivity index is 1.01. The third-order valence-corrected chi connectivity index (χ3v) is 16.4. The fourth-order valence-electron chi connectivity index (χ4n) is 12.8. The summed E-state index contributed by atoms with van der Waals surface area (Å²) in [6, 6.07) is 93.0. The first kappa shape index (κ1) is 43.0. The van der Waals surface area contributed by atoms with Gasteiger partial charge in [-0.2, -0.15) is 0 Å². The molecule has 1 nitrogen and oxygen atoms in total. The molecular weight excluding hydrogens is 879 g/mol. The van der Waals surface area contributed by atoms with Crippen molar-refractivity contribution in [1.29, 1.82) is 0 Å². The van der Waals surface area contributed by atoms with E-state index in [4.69, 9.17) is 0 Å². The minimum Gasteiger partial charge on any atom is -0.310 e. The van der Waals surface area contributed by atoms with Gasteiger partial charge in [-0.15, -0.1) is 0 Å². The molecule has 0 spiro atoms. The van der Waals surface area contributed by atoms with Crippen LogP contribution in [0.15, 0.2) is 249 Å². The first-order chi connectivity index (χ1) is 35.7. The van der Waals surface area contributed by atoms with Crippen molar-refractivity contribution in [2.24, 2.45) is 0 Å². The van der Waals surface area contributed by atoms with E-state index < -0.39 is 0 Å². The minimum absolute atomic E-state index is 0.0701. The van der Waals surface area contributed by atoms with Gasteiger partial charge in [0.2, 0.25) is 0 Å². The molecule has 0 aromatic heterocycles. The van der Waals surface area contributed by atoms with Gasteiger partial charge in [-0.1, -0.05) is 228 Å². The first-order valence-electron chi connectivity index (χ1n) is 25.7. The summed E-state index contributed by atoms with van der Waals surface area (Å²) >= 11 is 0. The second kappa shape index (κ2) is 16.4. The zero-order valence-electron chi connectivity index (χ0n) is 41.6. The molecule has 0 fully saturated rings. The number of anilines is 3. The van der Waals surface area contributed by atoms with Crippen LogP contribution in [0.3, 0.4) is 0 Å². The molecule has 0 N–H and O–H groups in total. The number of hydrogen-bond acceptors (Lipinski definition) is 1. The molecule has 0 saturated carbocycles. The molecule has 0 saturated heterocycles. The molecule has 73 heavy (non-hydrogen) atoms. The Kier molecular flexibility index (Phi) is 9.66. The monoisotopic (exact) mass is 931 g/mol. The van der Waals surface area contributed by atoms with Gasteiger partial charge < -0.3 is 4.90 Å². The van der Waals surface area contributed by atoms with E-state index in [9.17, 15) is 0 Å². The van der Waals surface area contributed by atoms with Gasteiger partial charge in [0.15, 0.2) is 0 Å². The number of hydrogen-bond donors (Lipinski definition) is 0. The molecule has 2 aliphatic carbocycles. The fourth-order valence-corrected chi connectivity index (χ4v) is 12.8. The summed E-state index contributed by atoms with van der Waals surface area (Å²) < 4.78 is 0. The van der Waals surface area contributed by atoms with Crippen molar-refractivity contribution in [3.05, 3.63) is 271 Å². The lowest BCUT2D eigenvalue weighted by Gasteiger charge is -2.29. The normalized spacial score (nSPS) is 13.7. The Labute approximate surface area is 428 Å². The van der Waals surface area contributed by atoms with Crippen LogP contribution in [0, 0.1) is 0 Å². The molecule has 1 heteroatoms. The predicted octanol–water partition coefficient (Wildman–Crippen LogP) is 19.9. The van der Waals surface area contributed by atoms with Crippen LogP contribution < -0.4 is 4.90 Å². The van der Waals surface area contributed by atoms with Crippen molar-refractivity contribution < 1.29 is 0 Å². The molecule has 0 radical (unpaired) electrons. The maximum absolute atomic E-state index is 2.48. The Bertz CT molecular complexity index is 4160. The number of nitrogens with zero attached hydrogens (tertiary/aromatic N) is 1. The molecule has 346 valence electrons. The van der Waals surface area contributed by atoms with E-state index in [-0.39, 0.29) is 10.8 Å². The van der Waals surface area contributed by atoms with Crippen molar-refractivity contribution in [3.8, 4) is 66.8 Å². The molecule has 14 rings (SSSR count). The summed E-state index contributed by atoms with van der Waals surface area (Å²) in [7, 11) is 0. The topological polar surface area (TPSA) is 3.24 Å². The van der Waals surface area contributed by atoms with E-state index in [0.29, 0.717) is 0 Å². The van der Waals surface area contributed by atoms with Crippen LogP contribution in [0.2, 0.25) is 0 Å². The Hall–Kier alpha value is -8.78. The number of fused-ring (bicyclic) bond motifs is 12. The minimum atomic E-state index is -0.155. The van der Waals surface area contributed by atoms with Gasteiger partial charge in [0.25, 0.3) is 0 Å². The molecule has 2 aliphatic rings. The SMILES string of the molecule is CC1(C)c2ccccc2-c2ccc(-c3ccc(N(c4ccc5c(c4)C(C)(C)c4ccccc4-5)c4ccc5c(c4)c4ccccc4c4c(-c6ccccc6)cc(-c6ccccc6)c(-c6ccccc6)c54)cc3)cc21. The first-order valence-corrected chi connectivity index (χ1v) is 25.7. The van der Waals surface area contributed by atoms with Gasteiger partial charge in [0.05, 0.1) is 0 Å². The Morgan fingerprint density at radius 2 is 0.699 bits per heavy atom. The van der Waals surface area contributed by atoms with Crippen molar-refractivity contribution in [2.45, 2.75) is 38.5 Å². The quantitative estimate of drug-likeness (QED) is 0.144. The van der Waals surface area contributed by atoms with Crippen LogP contribution in [0.25, 0.3) is 99.1 Å². The van der Waals surface area contributed by atoms with E-state index in [0.717, 1.165) is 17.1 Å². The van der Waals surface area contributed by atoms with Crippen molar-refractivity contribution >= 4 is 49.4 Å². The molecule has 12 aromatic carbocycles. The van der Waals surface area contributed by atoms with Crippen LogP contribution in [0.1, 0.15) is 49.9 Å². The smallest absolute Gasteiger partial charge is 0.0468 e. The van der Waals surface area contributed by atoms with E-state index >= 15 is 0 Å². The lowest BCUT2D eigenvalue weighted by molar-refractivity contribution is 0.660. The number of benzene rings is 12. The highest BCUT2D eigenvalue weighted by atomic mass is 15.1. The van der Waals surface area contributed by atoms with Gasteiger partial charge >= 0.3 is 0 Å². The van der Waals surface area contributed by atoms with E-state index in [1.165, 1.54) is 121 Å². The van der Waals surface area contributed by atoms with E-state index in [1.807, 2.05) is 0 Å². The molecule has 0 unspecified atom stereocenters. The number of rotatable bonds is 7. The molecule has 0 amide bonds. The van der Waals surface area contributed by atoms with Gasteiger partial charge in [0.1, 0.15) is 0 Å². The highest BCUT2D eigenvalue weighted by Crippen LogP contribution is 2.54. The molecule has 12 aromatic rings. The van der Waals surface area contributed by atoms with Crippen LogP contribution >= 0.6 is 0 Å². The third kappa shape index (κ3) is 6.62. The standard InChI is InChI=1S/C72H53N/c1-71(2)64-30-18-16-27-55(64)57-39-34-50(42-66(57)71)46-32-35-51(36-33-46)73(53-37-40-58-56-28-17-19-31-65(56)72(3,4)67(58)44-53)52-38-41-60-63(43-52)54-26-14-15-29-59(54)69-62(48-22-10-6-11-23-48)45-61(47-20-8-5-9-21-47)68(70(60)69)49-24-12-7-13-25-49/h5-45H,1-4H3. The summed E-state index contributed by atoms with van der Waals surface area (Å²) in [5.74, 6) is 0. The van der Waals surface area contributed by atoms with Crippen molar-refractivity contribution in [1.82, 2.24) is 0 Å². The molecule has 0 aliphatic heterocycles. The zero-order valence-corrected chi connectivity index (χ0v) is 41.6. The molecule has 0 heterocycles. The summed E-state index contributed by atoms with van der Waals surface area (Å²) in [6.45, 7) is 9.48. The van der Waals surface area contributed by atoms with E-state index in [1.54, 1.807) is 0 Å².